The van der Waals surface area contributed by atoms with Crippen molar-refractivity contribution in [3.05, 3.63) is 83.9 Å². The molecule has 27 heavy (non-hydrogen) atoms. The zero-order chi connectivity index (χ0) is 19.1. The first kappa shape index (κ1) is 19.3. The Bertz CT molecular complexity index is 869. The van der Waals surface area contributed by atoms with E-state index in [0.29, 0.717) is 11.1 Å². The van der Waals surface area contributed by atoms with Crippen LogP contribution in [0, 0.1) is 11.6 Å². The van der Waals surface area contributed by atoms with Gasteiger partial charge in [0.25, 0.3) is 0 Å². The maximum absolute atomic E-state index is 14.9. The number of rotatable bonds is 8. The van der Waals surface area contributed by atoms with E-state index in [1.54, 1.807) is 18.2 Å². The lowest BCUT2D eigenvalue weighted by atomic mass is 9.93. The van der Waals surface area contributed by atoms with Crippen molar-refractivity contribution >= 4 is 0 Å². The minimum atomic E-state index is -0.357. The highest BCUT2D eigenvalue weighted by molar-refractivity contribution is 5.83. The van der Waals surface area contributed by atoms with E-state index in [2.05, 4.69) is 6.92 Å². The molecular weight excluding hydrogens is 338 g/mol. The molecule has 0 radical (unpaired) electrons. The molecular formula is C25H26F2. The largest absolute Gasteiger partial charge is 0.207 e. The lowest BCUT2D eigenvalue weighted by Crippen LogP contribution is -1.93. The van der Waals surface area contributed by atoms with E-state index in [-0.39, 0.29) is 11.6 Å². The van der Waals surface area contributed by atoms with Crippen molar-refractivity contribution in [2.75, 3.05) is 0 Å². The predicted octanol–water partition coefficient (Wildman–Crippen LogP) is 7.81. The molecule has 0 unspecified atom stereocenters. The van der Waals surface area contributed by atoms with Gasteiger partial charge in [-0.25, -0.2) is 8.78 Å². The summed E-state index contributed by atoms with van der Waals surface area (Å²) in [4.78, 5) is 0. The predicted molar refractivity (Wildman–Crippen MR) is 110 cm³/mol. The van der Waals surface area contributed by atoms with Gasteiger partial charge in [0.1, 0.15) is 11.6 Å². The molecule has 0 spiro atoms. The second-order valence-electron chi connectivity index (χ2n) is 7.03. The first-order chi connectivity index (χ1) is 13.2. The monoisotopic (exact) mass is 364 g/mol. The highest BCUT2D eigenvalue weighted by atomic mass is 19.1. The summed E-state index contributed by atoms with van der Waals surface area (Å²) in [6.07, 6.45) is 6.86. The molecule has 140 valence electrons. The van der Waals surface area contributed by atoms with Gasteiger partial charge < -0.3 is 0 Å². The lowest BCUT2D eigenvalue weighted by molar-refractivity contribution is 0.617. The Balaban J connectivity index is 1.85. The highest BCUT2D eigenvalue weighted by Crippen LogP contribution is 2.34. The second kappa shape index (κ2) is 9.45. The van der Waals surface area contributed by atoms with Gasteiger partial charge in [-0.2, -0.15) is 0 Å². The van der Waals surface area contributed by atoms with Gasteiger partial charge in [-0.1, -0.05) is 81.1 Å². The summed E-state index contributed by atoms with van der Waals surface area (Å²) < 4.78 is 28.8. The lowest BCUT2D eigenvalue weighted by Gasteiger charge is -2.12. The molecule has 0 aliphatic heterocycles. The summed E-state index contributed by atoms with van der Waals surface area (Å²) >= 11 is 0. The Kier molecular flexibility index (Phi) is 6.75. The minimum Gasteiger partial charge on any atom is -0.207 e. The molecule has 0 amide bonds. The number of hydrogen-bond acceptors (Lipinski definition) is 0. The normalized spacial score (nSPS) is 10.9. The van der Waals surface area contributed by atoms with Crippen LogP contribution in [0.4, 0.5) is 8.78 Å². The van der Waals surface area contributed by atoms with Gasteiger partial charge in [-0.3, -0.25) is 0 Å². The molecule has 0 aliphatic carbocycles. The zero-order valence-electron chi connectivity index (χ0n) is 15.8. The van der Waals surface area contributed by atoms with Gasteiger partial charge in [0.15, 0.2) is 0 Å². The van der Waals surface area contributed by atoms with Crippen LogP contribution >= 0.6 is 0 Å². The van der Waals surface area contributed by atoms with Crippen LogP contribution in [0.25, 0.3) is 22.3 Å². The molecule has 3 aromatic rings. The number of benzene rings is 3. The van der Waals surface area contributed by atoms with Crippen molar-refractivity contribution in [2.24, 2.45) is 0 Å². The van der Waals surface area contributed by atoms with Gasteiger partial charge in [-0.05, 0) is 53.3 Å². The van der Waals surface area contributed by atoms with Crippen LogP contribution in [0.3, 0.4) is 0 Å². The van der Waals surface area contributed by atoms with Crippen molar-refractivity contribution in [1.29, 1.82) is 0 Å². The van der Waals surface area contributed by atoms with Gasteiger partial charge in [0.2, 0.25) is 0 Å². The SMILES string of the molecule is CCCCCCCc1ccc(-c2cc(F)ccc2-c2ccccc2)c(F)c1. The number of unbranched alkanes of at least 4 members (excludes halogenated alkanes) is 4. The van der Waals surface area contributed by atoms with Crippen molar-refractivity contribution in [3.8, 4) is 22.3 Å². The van der Waals surface area contributed by atoms with Crippen molar-refractivity contribution in [3.63, 3.8) is 0 Å². The smallest absolute Gasteiger partial charge is 0.131 e. The molecule has 2 heteroatoms. The van der Waals surface area contributed by atoms with Crippen LogP contribution in [0.5, 0.6) is 0 Å². The third kappa shape index (κ3) is 5.03. The van der Waals surface area contributed by atoms with Crippen LogP contribution in [0.2, 0.25) is 0 Å². The van der Waals surface area contributed by atoms with Crippen molar-refractivity contribution in [2.45, 2.75) is 45.4 Å². The van der Waals surface area contributed by atoms with E-state index >= 15 is 0 Å². The molecule has 0 N–H and O–H groups in total. The summed E-state index contributed by atoms with van der Waals surface area (Å²) in [5.41, 5.74) is 3.83. The first-order valence-electron chi connectivity index (χ1n) is 9.83. The molecule has 0 saturated carbocycles. The first-order valence-corrected chi connectivity index (χ1v) is 9.83. The summed E-state index contributed by atoms with van der Waals surface area (Å²) in [7, 11) is 0. The average molecular weight is 364 g/mol. The molecule has 0 fully saturated rings. The van der Waals surface area contributed by atoms with E-state index < -0.39 is 0 Å². The number of halogens is 2. The average Bonchev–Trinajstić information content (AvgIpc) is 2.68. The number of aryl methyl sites for hydroxylation is 1. The summed E-state index contributed by atoms with van der Waals surface area (Å²) in [5.74, 6) is -0.645. The maximum atomic E-state index is 14.9. The quantitative estimate of drug-likeness (QED) is 0.357. The van der Waals surface area contributed by atoms with Crippen molar-refractivity contribution in [1.82, 2.24) is 0 Å². The molecule has 0 nitrogen and oxygen atoms in total. The molecule has 0 aromatic heterocycles. The Labute approximate surface area is 160 Å². The van der Waals surface area contributed by atoms with E-state index in [4.69, 9.17) is 0 Å². The minimum absolute atomic E-state index is 0.288. The van der Waals surface area contributed by atoms with Crippen LogP contribution in [0.15, 0.2) is 66.7 Å². The van der Waals surface area contributed by atoms with Gasteiger partial charge in [-0.15, -0.1) is 0 Å². The molecule has 0 bridgehead atoms. The van der Waals surface area contributed by atoms with E-state index in [1.165, 1.54) is 37.8 Å². The molecule has 0 saturated heterocycles. The molecule has 0 atom stereocenters. The second-order valence-corrected chi connectivity index (χ2v) is 7.03. The molecule has 0 heterocycles. The van der Waals surface area contributed by atoms with Gasteiger partial charge in [0, 0.05) is 5.56 Å². The summed E-state index contributed by atoms with van der Waals surface area (Å²) in [6, 6.07) is 19.6. The van der Waals surface area contributed by atoms with Gasteiger partial charge in [0.05, 0.1) is 0 Å². The third-order valence-electron chi connectivity index (χ3n) is 4.96. The Morgan fingerprint density at radius 1 is 0.667 bits per heavy atom. The number of hydrogen-bond donors (Lipinski definition) is 0. The fraction of sp³-hybridized carbons (Fsp3) is 0.280. The Morgan fingerprint density at radius 3 is 2.15 bits per heavy atom. The topological polar surface area (TPSA) is 0 Å². The maximum Gasteiger partial charge on any atom is 0.131 e. The summed E-state index contributed by atoms with van der Waals surface area (Å²) in [5, 5.41) is 0. The third-order valence-corrected chi connectivity index (χ3v) is 4.96. The van der Waals surface area contributed by atoms with Gasteiger partial charge >= 0.3 is 0 Å². The highest BCUT2D eigenvalue weighted by Gasteiger charge is 2.13. The van der Waals surface area contributed by atoms with Crippen LogP contribution in [-0.4, -0.2) is 0 Å². The van der Waals surface area contributed by atoms with E-state index in [9.17, 15) is 8.78 Å². The molecule has 3 aromatic carbocycles. The summed E-state index contributed by atoms with van der Waals surface area (Å²) in [6.45, 7) is 2.20. The fourth-order valence-corrected chi connectivity index (χ4v) is 3.47. The van der Waals surface area contributed by atoms with Crippen LogP contribution < -0.4 is 0 Å². The molecule has 3 rings (SSSR count). The van der Waals surface area contributed by atoms with Crippen LogP contribution in [-0.2, 0) is 6.42 Å². The fourth-order valence-electron chi connectivity index (χ4n) is 3.47. The zero-order valence-corrected chi connectivity index (χ0v) is 15.8. The standard InChI is InChI=1S/C25H26F2/c1-2-3-4-5-7-10-19-13-15-23(25(27)17-19)24-18-21(26)14-16-22(24)20-11-8-6-9-12-20/h6,8-9,11-18H,2-5,7,10H2,1H3. The Hall–Kier alpha value is -2.48. The Morgan fingerprint density at radius 2 is 1.41 bits per heavy atom. The van der Waals surface area contributed by atoms with Crippen molar-refractivity contribution < 1.29 is 8.78 Å². The molecule has 0 aliphatic rings. The van der Waals surface area contributed by atoms with E-state index in [0.717, 1.165) is 29.5 Å². The van der Waals surface area contributed by atoms with E-state index in [1.807, 2.05) is 36.4 Å². The van der Waals surface area contributed by atoms with Crippen LogP contribution in [0.1, 0.15) is 44.6 Å².